The first-order chi connectivity index (χ1) is 9.89. The third-order valence-electron chi connectivity index (χ3n) is 2.46. The normalized spacial score (nSPS) is 11.1. The van der Waals surface area contributed by atoms with E-state index in [9.17, 15) is 23.1 Å². The summed E-state index contributed by atoms with van der Waals surface area (Å²) in [4.78, 5) is 9.10. The van der Waals surface area contributed by atoms with Crippen LogP contribution in [0.1, 0.15) is 0 Å². The van der Waals surface area contributed by atoms with E-state index in [4.69, 9.17) is 0 Å². The summed E-state index contributed by atoms with van der Waals surface area (Å²) in [6.45, 7) is 0. The van der Waals surface area contributed by atoms with Crippen molar-refractivity contribution < 1.29 is 47.5 Å². The van der Waals surface area contributed by atoms with Crippen molar-refractivity contribution in [2.45, 2.75) is 4.90 Å². The van der Waals surface area contributed by atoms with Crippen LogP contribution in [0.25, 0.3) is 0 Å². The summed E-state index contributed by atoms with van der Waals surface area (Å²) < 4.78 is 33.2. The second kappa shape index (κ2) is 7.56. The Hall–Kier alpha value is -1.65. The molecule has 22 heavy (non-hydrogen) atoms. The number of para-hydroxylation sites is 1. The van der Waals surface area contributed by atoms with Gasteiger partial charge in [0.2, 0.25) is 0 Å². The summed E-state index contributed by atoms with van der Waals surface area (Å²) in [7, 11) is -4.98. The second-order valence-corrected chi connectivity index (χ2v) is 5.22. The summed E-state index contributed by atoms with van der Waals surface area (Å²) >= 11 is 0. The Morgan fingerprint density at radius 3 is 2.14 bits per heavy atom. The van der Waals surface area contributed by atoms with Crippen LogP contribution < -0.4 is 29.6 Å². The van der Waals surface area contributed by atoms with Crippen molar-refractivity contribution >= 4 is 27.2 Å². The molecule has 0 bridgehead atoms. The van der Waals surface area contributed by atoms with Crippen LogP contribution in [0.4, 0.5) is 17.1 Å². The van der Waals surface area contributed by atoms with Crippen LogP contribution in [0.5, 0.6) is 0 Å². The van der Waals surface area contributed by atoms with E-state index < -0.39 is 25.6 Å². The molecule has 0 unspecified atom stereocenters. The van der Waals surface area contributed by atoms with Gasteiger partial charge in [-0.3, -0.25) is 10.1 Å². The maximum atomic E-state index is 11.1. The summed E-state index contributed by atoms with van der Waals surface area (Å²) in [6.07, 6.45) is 0. The first kappa shape index (κ1) is 18.4. The zero-order valence-corrected chi connectivity index (χ0v) is 14.2. The van der Waals surface area contributed by atoms with Crippen LogP contribution in [-0.2, 0) is 10.1 Å². The zero-order chi connectivity index (χ0) is 15.5. The maximum absolute atomic E-state index is 11.1. The minimum atomic E-state index is -4.98. The van der Waals surface area contributed by atoms with Gasteiger partial charge in [-0.1, -0.05) is 24.3 Å². The molecule has 0 aliphatic heterocycles. The molecule has 0 heterocycles. The van der Waals surface area contributed by atoms with Gasteiger partial charge in [-0.25, -0.2) is 8.42 Å². The molecule has 10 heteroatoms. The SMILES string of the molecule is O=[N+]([O-])c1c(N=Nc2ccccc2)cccc1S(=O)(=O)[O-].[Na+]. The van der Waals surface area contributed by atoms with E-state index in [1.807, 2.05) is 0 Å². The molecule has 0 aromatic heterocycles. The van der Waals surface area contributed by atoms with Crippen LogP contribution in [-0.4, -0.2) is 17.9 Å². The molecule has 8 nitrogen and oxygen atoms in total. The fourth-order valence-corrected chi connectivity index (χ4v) is 2.24. The van der Waals surface area contributed by atoms with Crippen molar-refractivity contribution in [3.63, 3.8) is 0 Å². The molecule has 0 aliphatic rings. The number of nitrogens with zero attached hydrogens (tertiary/aromatic N) is 3. The van der Waals surface area contributed by atoms with Gasteiger partial charge in [0.1, 0.15) is 15.0 Å². The van der Waals surface area contributed by atoms with Crippen molar-refractivity contribution in [1.29, 1.82) is 0 Å². The van der Waals surface area contributed by atoms with Gasteiger partial charge in [0.05, 0.1) is 10.6 Å². The minimum absolute atomic E-state index is 0. The molecule has 0 radical (unpaired) electrons. The predicted octanol–water partition coefficient (Wildman–Crippen LogP) is -0.0817. The smallest absolute Gasteiger partial charge is 0.744 e. The van der Waals surface area contributed by atoms with Gasteiger partial charge >= 0.3 is 35.2 Å². The van der Waals surface area contributed by atoms with Gasteiger partial charge in [0.15, 0.2) is 5.69 Å². The van der Waals surface area contributed by atoms with E-state index in [0.29, 0.717) is 5.69 Å². The quantitative estimate of drug-likeness (QED) is 0.255. The van der Waals surface area contributed by atoms with E-state index in [0.717, 1.165) is 6.07 Å². The Morgan fingerprint density at radius 2 is 1.59 bits per heavy atom. The van der Waals surface area contributed by atoms with Gasteiger partial charge in [0.25, 0.3) is 0 Å². The van der Waals surface area contributed by atoms with E-state index >= 15 is 0 Å². The summed E-state index contributed by atoms with van der Waals surface area (Å²) in [5.74, 6) is 0. The Labute approximate surface area is 148 Å². The van der Waals surface area contributed by atoms with Crippen molar-refractivity contribution in [2.75, 3.05) is 0 Å². The fraction of sp³-hybridized carbons (Fsp3) is 0. The average Bonchev–Trinajstić information content (AvgIpc) is 2.44. The van der Waals surface area contributed by atoms with Crippen molar-refractivity contribution in [3.8, 4) is 0 Å². The van der Waals surface area contributed by atoms with Crippen LogP contribution in [0.2, 0.25) is 0 Å². The molecule has 0 saturated heterocycles. The third kappa shape index (κ3) is 4.42. The Morgan fingerprint density at radius 1 is 0.955 bits per heavy atom. The molecule has 2 rings (SSSR count). The second-order valence-electron chi connectivity index (χ2n) is 3.87. The van der Waals surface area contributed by atoms with Gasteiger partial charge in [-0.05, 0) is 24.3 Å². The van der Waals surface area contributed by atoms with Crippen LogP contribution in [0.15, 0.2) is 63.7 Å². The topological polar surface area (TPSA) is 125 Å². The average molecular weight is 329 g/mol. The van der Waals surface area contributed by atoms with E-state index in [-0.39, 0.29) is 35.2 Å². The molecule has 0 atom stereocenters. The standard InChI is InChI=1S/C12H9N3O5S.Na/c16-15(17)12-10(7-4-8-11(12)21(18,19)20)14-13-9-5-2-1-3-6-9;/h1-8H,(H,18,19,20);/q;+1/p-1. The largest absolute Gasteiger partial charge is 1.00 e. The molecule has 0 fully saturated rings. The maximum Gasteiger partial charge on any atom is 1.00 e. The summed E-state index contributed by atoms with van der Waals surface area (Å²) in [5.41, 5.74) is -0.754. The summed E-state index contributed by atoms with van der Waals surface area (Å²) in [6, 6.07) is 11.6. The number of hydrogen-bond donors (Lipinski definition) is 0. The van der Waals surface area contributed by atoms with E-state index in [2.05, 4.69) is 10.2 Å². The molecular weight excluding hydrogens is 321 g/mol. The first-order valence-corrected chi connectivity index (χ1v) is 7.00. The Balaban J connectivity index is 0.00000242. The van der Waals surface area contributed by atoms with Crippen molar-refractivity contribution in [1.82, 2.24) is 0 Å². The molecule has 0 N–H and O–H groups in total. The fourth-order valence-electron chi connectivity index (χ4n) is 1.58. The van der Waals surface area contributed by atoms with Crippen molar-refractivity contribution in [2.24, 2.45) is 10.2 Å². The van der Waals surface area contributed by atoms with Crippen LogP contribution in [0.3, 0.4) is 0 Å². The van der Waals surface area contributed by atoms with E-state index in [1.54, 1.807) is 30.3 Å². The van der Waals surface area contributed by atoms with Crippen molar-refractivity contribution in [3.05, 3.63) is 58.6 Å². The van der Waals surface area contributed by atoms with Gasteiger partial charge in [-0.15, -0.1) is 5.11 Å². The van der Waals surface area contributed by atoms with E-state index in [1.165, 1.54) is 12.1 Å². The molecular formula is C12H8N3NaO5S. The number of nitro benzene ring substituents is 1. The van der Waals surface area contributed by atoms with Crippen LogP contribution in [0, 0.1) is 10.1 Å². The molecule has 0 aliphatic carbocycles. The first-order valence-electron chi connectivity index (χ1n) is 5.59. The molecule has 0 amide bonds. The molecule has 0 saturated carbocycles. The monoisotopic (exact) mass is 329 g/mol. The summed E-state index contributed by atoms with van der Waals surface area (Å²) in [5, 5.41) is 18.4. The Bertz CT molecular complexity index is 809. The van der Waals surface area contributed by atoms with Gasteiger partial charge < -0.3 is 4.55 Å². The van der Waals surface area contributed by atoms with Gasteiger partial charge in [0, 0.05) is 0 Å². The number of azo groups is 1. The minimum Gasteiger partial charge on any atom is -0.744 e. The van der Waals surface area contributed by atoms with Crippen LogP contribution >= 0.6 is 0 Å². The number of hydrogen-bond acceptors (Lipinski definition) is 7. The number of benzene rings is 2. The molecule has 2 aromatic rings. The zero-order valence-electron chi connectivity index (χ0n) is 11.4. The third-order valence-corrected chi connectivity index (χ3v) is 3.33. The Kier molecular flexibility index (Phi) is 6.33. The van der Waals surface area contributed by atoms with Gasteiger partial charge in [-0.2, -0.15) is 5.11 Å². The number of nitro groups is 1. The molecule has 2 aromatic carbocycles. The number of rotatable bonds is 4. The molecule has 0 spiro atoms. The predicted molar refractivity (Wildman–Crippen MR) is 71.7 cm³/mol. The molecule has 108 valence electrons.